The Balaban J connectivity index is 2.83. The van der Waals surface area contributed by atoms with Crippen LogP contribution in [-0.2, 0) is 0 Å². The van der Waals surface area contributed by atoms with Crippen LogP contribution in [0.4, 0.5) is 0 Å². The molecule has 0 aliphatic heterocycles. The van der Waals surface area contributed by atoms with Gasteiger partial charge in [0, 0.05) is 5.39 Å². The fourth-order valence-electron chi connectivity index (χ4n) is 0.898. The number of pyridine rings is 2. The minimum Gasteiger partial charge on any atom is -0.247 e. The molecular formula is C8H4BrN2. The minimum absolute atomic E-state index is 0.831. The summed E-state index contributed by atoms with van der Waals surface area (Å²) in [5.41, 5.74) is 0.871. The van der Waals surface area contributed by atoms with Crippen molar-refractivity contribution in [3.8, 4) is 0 Å². The lowest BCUT2D eigenvalue weighted by molar-refractivity contribution is 1.27. The summed E-state index contributed by atoms with van der Waals surface area (Å²) in [5.74, 6) is 0. The maximum absolute atomic E-state index is 4.04. The van der Waals surface area contributed by atoms with Crippen LogP contribution in [-0.4, -0.2) is 9.97 Å². The molecule has 2 heterocycles. The maximum Gasteiger partial charge on any atom is 0.106 e. The van der Waals surface area contributed by atoms with Crippen molar-refractivity contribution in [1.29, 1.82) is 0 Å². The molecule has 0 amide bonds. The summed E-state index contributed by atoms with van der Waals surface area (Å²) in [6.07, 6.45) is 4.47. The van der Waals surface area contributed by atoms with Gasteiger partial charge in [0.15, 0.2) is 0 Å². The summed E-state index contributed by atoms with van der Waals surface area (Å²) < 4.78 is 0.831. The third kappa shape index (κ3) is 1.24. The molecule has 2 aromatic heterocycles. The van der Waals surface area contributed by atoms with Crippen LogP contribution in [0.5, 0.6) is 0 Å². The van der Waals surface area contributed by atoms with Gasteiger partial charge in [-0.3, -0.25) is 0 Å². The van der Waals surface area contributed by atoms with E-state index in [1.165, 1.54) is 0 Å². The number of rotatable bonds is 0. The Labute approximate surface area is 72.4 Å². The zero-order valence-corrected chi connectivity index (χ0v) is 7.17. The fourth-order valence-corrected chi connectivity index (χ4v) is 1.25. The van der Waals surface area contributed by atoms with Crippen molar-refractivity contribution in [3.05, 3.63) is 35.2 Å². The van der Waals surface area contributed by atoms with Gasteiger partial charge in [0.25, 0.3) is 0 Å². The van der Waals surface area contributed by atoms with Crippen molar-refractivity contribution in [2.45, 2.75) is 0 Å². The van der Waals surface area contributed by atoms with E-state index in [2.05, 4.69) is 32.1 Å². The van der Waals surface area contributed by atoms with Gasteiger partial charge >= 0.3 is 0 Å². The molecule has 1 radical (unpaired) electrons. The van der Waals surface area contributed by atoms with Crippen LogP contribution in [0.25, 0.3) is 10.9 Å². The standard InChI is InChI=1S/C8H4BrN2/c9-8-4-6-2-1-3-10-7(6)5-11-8/h1-2,4-5H. The van der Waals surface area contributed by atoms with E-state index in [9.17, 15) is 0 Å². The number of nitrogens with zero attached hydrogens (tertiary/aromatic N) is 2. The van der Waals surface area contributed by atoms with Gasteiger partial charge in [-0.1, -0.05) is 6.07 Å². The summed E-state index contributed by atoms with van der Waals surface area (Å²) >= 11 is 3.28. The van der Waals surface area contributed by atoms with E-state index in [0.29, 0.717) is 0 Å². The van der Waals surface area contributed by atoms with Crippen molar-refractivity contribution >= 4 is 26.8 Å². The molecule has 0 bridgehead atoms. The SMILES string of the molecule is Brc1cc2cc[c]nc2cn1. The maximum atomic E-state index is 4.04. The summed E-state index contributed by atoms with van der Waals surface area (Å²) in [4.78, 5) is 8.06. The molecule has 2 nitrogen and oxygen atoms in total. The van der Waals surface area contributed by atoms with Crippen molar-refractivity contribution in [1.82, 2.24) is 9.97 Å². The molecule has 11 heavy (non-hydrogen) atoms. The van der Waals surface area contributed by atoms with Gasteiger partial charge in [-0.25, -0.2) is 9.97 Å². The summed E-state index contributed by atoms with van der Waals surface area (Å²) in [5, 5.41) is 1.07. The molecular weight excluding hydrogens is 204 g/mol. The van der Waals surface area contributed by atoms with Gasteiger partial charge in [-0.15, -0.1) is 0 Å². The number of fused-ring (bicyclic) bond motifs is 1. The zero-order chi connectivity index (χ0) is 7.68. The second kappa shape index (κ2) is 2.58. The Kier molecular flexibility index (Phi) is 1.58. The molecule has 0 fully saturated rings. The van der Waals surface area contributed by atoms with Crippen LogP contribution in [0.2, 0.25) is 0 Å². The summed E-state index contributed by atoms with van der Waals surface area (Å²) in [6, 6.07) is 5.67. The molecule has 0 atom stereocenters. The van der Waals surface area contributed by atoms with Crippen LogP contribution in [0, 0.1) is 6.20 Å². The Morgan fingerprint density at radius 1 is 1.45 bits per heavy atom. The summed E-state index contributed by atoms with van der Waals surface area (Å²) in [7, 11) is 0. The quantitative estimate of drug-likeness (QED) is 0.620. The number of hydrogen-bond acceptors (Lipinski definition) is 2. The molecule has 0 aliphatic rings. The lowest BCUT2D eigenvalue weighted by Crippen LogP contribution is -1.80. The largest absolute Gasteiger partial charge is 0.247 e. The Bertz CT molecular complexity index is 387. The highest BCUT2D eigenvalue weighted by molar-refractivity contribution is 9.10. The molecule has 0 aromatic carbocycles. The smallest absolute Gasteiger partial charge is 0.106 e. The van der Waals surface area contributed by atoms with Gasteiger partial charge in [0.2, 0.25) is 0 Å². The molecule has 0 aliphatic carbocycles. The van der Waals surface area contributed by atoms with Crippen LogP contribution in [0.15, 0.2) is 29.0 Å². The first-order valence-electron chi connectivity index (χ1n) is 3.14. The van der Waals surface area contributed by atoms with Crippen molar-refractivity contribution < 1.29 is 0 Å². The molecule has 2 aromatic rings. The molecule has 0 N–H and O–H groups in total. The molecule has 0 unspecified atom stereocenters. The molecule has 53 valence electrons. The predicted octanol–water partition coefficient (Wildman–Crippen LogP) is 2.19. The van der Waals surface area contributed by atoms with Crippen LogP contribution in [0.1, 0.15) is 0 Å². The highest BCUT2D eigenvalue weighted by Crippen LogP contribution is 2.13. The third-order valence-corrected chi connectivity index (χ3v) is 1.84. The lowest BCUT2D eigenvalue weighted by atomic mass is 10.3. The van der Waals surface area contributed by atoms with E-state index >= 15 is 0 Å². The van der Waals surface area contributed by atoms with Gasteiger partial charge in [0.1, 0.15) is 4.60 Å². The monoisotopic (exact) mass is 207 g/mol. The van der Waals surface area contributed by atoms with E-state index in [-0.39, 0.29) is 0 Å². The van der Waals surface area contributed by atoms with Gasteiger partial charge < -0.3 is 0 Å². The molecule has 0 spiro atoms. The van der Waals surface area contributed by atoms with E-state index in [1.54, 1.807) is 12.3 Å². The van der Waals surface area contributed by atoms with Gasteiger partial charge in [-0.2, -0.15) is 0 Å². The molecule has 3 heteroatoms. The molecule has 0 saturated carbocycles. The van der Waals surface area contributed by atoms with Crippen LogP contribution < -0.4 is 0 Å². The van der Waals surface area contributed by atoms with Crippen molar-refractivity contribution in [2.75, 3.05) is 0 Å². The molecule has 0 saturated heterocycles. The lowest BCUT2D eigenvalue weighted by Gasteiger charge is -1.93. The number of hydrogen-bond donors (Lipinski definition) is 0. The van der Waals surface area contributed by atoms with Gasteiger partial charge in [-0.05, 0) is 28.1 Å². The highest BCUT2D eigenvalue weighted by Gasteiger charge is 1.93. The second-order valence-electron chi connectivity index (χ2n) is 2.14. The first-order chi connectivity index (χ1) is 5.36. The zero-order valence-electron chi connectivity index (χ0n) is 5.58. The topological polar surface area (TPSA) is 25.8 Å². The average Bonchev–Trinajstić information content (AvgIpc) is 2.04. The van der Waals surface area contributed by atoms with E-state index in [0.717, 1.165) is 15.5 Å². The Morgan fingerprint density at radius 2 is 2.36 bits per heavy atom. The van der Waals surface area contributed by atoms with Gasteiger partial charge in [0.05, 0.1) is 17.9 Å². The first kappa shape index (κ1) is 6.73. The predicted molar refractivity (Wildman–Crippen MR) is 46.1 cm³/mol. The summed E-state index contributed by atoms with van der Waals surface area (Å²) in [6.45, 7) is 0. The first-order valence-corrected chi connectivity index (χ1v) is 3.94. The average molecular weight is 208 g/mol. The normalized spacial score (nSPS) is 10.3. The van der Waals surface area contributed by atoms with Crippen LogP contribution in [0.3, 0.4) is 0 Å². The van der Waals surface area contributed by atoms with E-state index in [1.807, 2.05) is 12.1 Å². The van der Waals surface area contributed by atoms with E-state index < -0.39 is 0 Å². The number of aromatic nitrogens is 2. The van der Waals surface area contributed by atoms with E-state index in [4.69, 9.17) is 0 Å². The Morgan fingerprint density at radius 3 is 3.27 bits per heavy atom. The number of halogens is 1. The molecule has 2 rings (SSSR count). The fraction of sp³-hybridized carbons (Fsp3) is 0. The van der Waals surface area contributed by atoms with Crippen molar-refractivity contribution in [2.24, 2.45) is 0 Å². The third-order valence-electron chi connectivity index (χ3n) is 1.40. The highest BCUT2D eigenvalue weighted by atomic mass is 79.9. The second-order valence-corrected chi connectivity index (χ2v) is 2.95. The van der Waals surface area contributed by atoms with Crippen molar-refractivity contribution in [3.63, 3.8) is 0 Å². The minimum atomic E-state index is 0.831. The Hall–Kier alpha value is -0.960. The van der Waals surface area contributed by atoms with Crippen LogP contribution >= 0.6 is 15.9 Å².